The summed E-state index contributed by atoms with van der Waals surface area (Å²) in [6, 6.07) is 12.5. The molecule has 0 radical (unpaired) electrons. The standard InChI is InChI=1S/C40H59N3O2S/c1-10-12-14-18-24-43(25-19-15-13-11-2)39-21-17-16-20-38(39)41-34-22-23-37(32(9)26-34)42-46(44,45)40-35(30(5)6)27-33(29(3)4)28-36(40)31(7)8/h16-17,20-23,26-31H,10-15,18-19,24-25H2,1-9H3. The first-order valence-corrected chi connectivity index (χ1v) is 19.2. The number of rotatable bonds is 17. The molecule has 1 aliphatic rings. The van der Waals surface area contributed by atoms with Gasteiger partial charge in [0.25, 0.3) is 10.0 Å². The molecule has 1 aliphatic carbocycles. The Bertz CT molecular complexity index is 1490. The van der Waals surface area contributed by atoms with Crippen LogP contribution in [0, 0.1) is 0 Å². The van der Waals surface area contributed by atoms with Crippen molar-refractivity contribution in [1.82, 2.24) is 0 Å². The fourth-order valence-electron chi connectivity index (χ4n) is 5.95. The van der Waals surface area contributed by atoms with Crippen LogP contribution in [-0.4, -0.2) is 32.9 Å². The first kappa shape index (κ1) is 37.5. The van der Waals surface area contributed by atoms with Crippen molar-refractivity contribution in [2.75, 3.05) is 18.0 Å². The molecule has 0 fully saturated rings. The molecule has 0 spiro atoms. The summed E-state index contributed by atoms with van der Waals surface area (Å²) in [4.78, 5) is 7.95. The van der Waals surface area contributed by atoms with Crippen LogP contribution in [0.5, 0.6) is 0 Å². The fraction of sp³-hybridized carbons (Fsp3) is 0.550. The number of sulfonamides is 1. The minimum absolute atomic E-state index is 0.0522. The van der Waals surface area contributed by atoms with Crippen LogP contribution < -0.4 is 4.90 Å². The second-order valence-corrected chi connectivity index (χ2v) is 15.3. The van der Waals surface area contributed by atoms with E-state index in [9.17, 15) is 8.42 Å². The summed E-state index contributed by atoms with van der Waals surface area (Å²) in [5, 5.41) is 0. The number of hydrogen-bond donors (Lipinski definition) is 0. The first-order valence-electron chi connectivity index (χ1n) is 17.7. The minimum Gasteiger partial charge on any atom is -0.370 e. The molecule has 5 nitrogen and oxygen atoms in total. The van der Waals surface area contributed by atoms with Crippen LogP contribution in [0.15, 0.2) is 74.5 Å². The molecular weight excluding hydrogens is 587 g/mol. The smallest absolute Gasteiger partial charge is 0.283 e. The zero-order valence-electron chi connectivity index (χ0n) is 30.1. The van der Waals surface area contributed by atoms with Crippen LogP contribution in [0.2, 0.25) is 0 Å². The molecule has 2 aromatic carbocycles. The maximum Gasteiger partial charge on any atom is 0.283 e. The average molecular weight is 646 g/mol. The summed E-state index contributed by atoms with van der Waals surface area (Å²) in [6.07, 6.45) is 15.5. The predicted molar refractivity (Wildman–Crippen MR) is 200 cm³/mol. The molecule has 6 heteroatoms. The Morgan fingerprint density at radius 2 is 1.30 bits per heavy atom. The third kappa shape index (κ3) is 10.3. The minimum atomic E-state index is -3.96. The molecule has 0 heterocycles. The van der Waals surface area contributed by atoms with Gasteiger partial charge in [-0.15, -0.1) is 0 Å². The Labute approximate surface area is 281 Å². The van der Waals surface area contributed by atoms with Crippen molar-refractivity contribution in [1.29, 1.82) is 0 Å². The van der Waals surface area contributed by atoms with E-state index in [-0.39, 0.29) is 11.8 Å². The van der Waals surface area contributed by atoms with Crippen LogP contribution in [0.3, 0.4) is 0 Å². The van der Waals surface area contributed by atoms with Crippen molar-refractivity contribution >= 4 is 32.8 Å². The molecule has 252 valence electrons. The molecular formula is C40H59N3O2S. The molecule has 0 aromatic heterocycles. The monoisotopic (exact) mass is 645 g/mol. The second-order valence-electron chi connectivity index (χ2n) is 13.7. The van der Waals surface area contributed by atoms with E-state index in [0.717, 1.165) is 52.4 Å². The van der Waals surface area contributed by atoms with Gasteiger partial charge in [0.15, 0.2) is 0 Å². The van der Waals surface area contributed by atoms with E-state index in [1.165, 1.54) is 51.4 Å². The number of hydrogen-bond acceptors (Lipinski definition) is 4. The summed E-state index contributed by atoms with van der Waals surface area (Å²) in [5.74, 6) is 0.411. The lowest BCUT2D eigenvalue weighted by Gasteiger charge is -2.26. The maximum atomic E-state index is 14.0. The van der Waals surface area contributed by atoms with E-state index in [2.05, 4.69) is 95.0 Å². The van der Waals surface area contributed by atoms with E-state index < -0.39 is 10.0 Å². The summed E-state index contributed by atoms with van der Waals surface area (Å²) >= 11 is 0. The van der Waals surface area contributed by atoms with Crippen molar-refractivity contribution in [2.24, 2.45) is 9.39 Å². The van der Waals surface area contributed by atoms with Crippen LogP contribution in [-0.2, 0) is 10.0 Å². The molecule has 0 bridgehead atoms. The molecule has 0 saturated carbocycles. The van der Waals surface area contributed by atoms with E-state index in [0.29, 0.717) is 16.5 Å². The largest absolute Gasteiger partial charge is 0.370 e. The molecule has 0 N–H and O–H groups in total. The number of para-hydroxylation sites is 2. The quantitative estimate of drug-likeness (QED) is 0.127. The predicted octanol–water partition coefficient (Wildman–Crippen LogP) is 11.4. The van der Waals surface area contributed by atoms with E-state index in [1.54, 1.807) is 6.08 Å². The lowest BCUT2D eigenvalue weighted by molar-refractivity contribution is 0.592. The Hall–Kier alpha value is -2.99. The lowest BCUT2D eigenvalue weighted by atomic mass is 9.89. The van der Waals surface area contributed by atoms with E-state index in [1.807, 2.05) is 25.1 Å². The van der Waals surface area contributed by atoms with Gasteiger partial charge >= 0.3 is 0 Å². The molecule has 46 heavy (non-hydrogen) atoms. The van der Waals surface area contributed by atoms with Gasteiger partial charge in [-0.3, -0.25) is 0 Å². The second kappa shape index (κ2) is 17.8. The Morgan fingerprint density at radius 1 is 0.739 bits per heavy atom. The maximum absolute atomic E-state index is 14.0. The number of unbranched alkanes of at least 4 members (excludes halogenated alkanes) is 6. The van der Waals surface area contributed by atoms with Gasteiger partial charge in [0.2, 0.25) is 0 Å². The molecule has 0 aliphatic heterocycles. The highest BCUT2D eigenvalue weighted by atomic mass is 32.2. The zero-order chi connectivity index (χ0) is 33.9. The fourth-order valence-corrected chi connectivity index (χ4v) is 7.69. The van der Waals surface area contributed by atoms with Crippen molar-refractivity contribution in [3.05, 3.63) is 76.9 Å². The van der Waals surface area contributed by atoms with Crippen LogP contribution in [0.25, 0.3) is 0 Å². The zero-order valence-corrected chi connectivity index (χ0v) is 30.9. The van der Waals surface area contributed by atoms with Gasteiger partial charge < -0.3 is 4.90 Å². The van der Waals surface area contributed by atoms with Crippen LogP contribution in [0.1, 0.15) is 148 Å². The molecule has 0 saturated heterocycles. The summed E-state index contributed by atoms with van der Waals surface area (Å²) < 4.78 is 32.5. The number of aliphatic imine (C=N–C) groups is 1. The molecule has 0 atom stereocenters. The first-order chi connectivity index (χ1) is 21.9. The summed E-state index contributed by atoms with van der Waals surface area (Å²) in [5.41, 5.74) is 6.99. The van der Waals surface area contributed by atoms with Gasteiger partial charge in [0, 0.05) is 13.1 Å². The van der Waals surface area contributed by atoms with Crippen molar-refractivity contribution in [3.8, 4) is 0 Å². The Morgan fingerprint density at radius 3 is 1.80 bits per heavy atom. The summed E-state index contributed by atoms with van der Waals surface area (Å²) in [7, 11) is -3.96. The third-order valence-corrected chi connectivity index (χ3v) is 10.2. The lowest BCUT2D eigenvalue weighted by Crippen LogP contribution is -2.26. The van der Waals surface area contributed by atoms with Crippen LogP contribution >= 0.6 is 0 Å². The van der Waals surface area contributed by atoms with Gasteiger partial charge in [-0.1, -0.05) is 118 Å². The topological polar surface area (TPSA) is 62.1 Å². The van der Waals surface area contributed by atoms with E-state index in [4.69, 9.17) is 4.99 Å². The van der Waals surface area contributed by atoms with Crippen LogP contribution in [0.4, 0.5) is 11.4 Å². The molecule has 2 aromatic rings. The molecule has 0 unspecified atom stereocenters. The van der Waals surface area contributed by atoms with Gasteiger partial charge in [-0.2, -0.15) is 12.8 Å². The van der Waals surface area contributed by atoms with Gasteiger partial charge in [0.05, 0.1) is 27.7 Å². The molecule has 3 rings (SSSR count). The SMILES string of the molecule is CCCCCCN(CCCCCC)c1ccccc1N=C1C=CC(=NS(=O)(=O)c2c(C(C)C)cc(C(C)C)cc2C(C)C)C(C)=C1. The van der Waals surface area contributed by atoms with Crippen molar-refractivity contribution in [2.45, 2.75) is 136 Å². The number of allylic oxidation sites excluding steroid dienone is 4. The van der Waals surface area contributed by atoms with Crippen molar-refractivity contribution < 1.29 is 8.42 Å². The van der Waals surface area contributed by atoms with Gasteiger partial charge in [-0.05, 0) is 90.1 Å². The number of benzene rings is 2. The third-order valence-electron chi connectivity index (χ3n) is 8.77. The summed E-state index contributed by atoms with van der Waals surface area (Å²) in [6.45, 7) is 21.0. The van der Waals surface area contributed by atoms with E-state index >= 15 is 0 Å². The highest BCUT2D eigenvalue weighted by Crippen LogP contribution is 2.36. The molecule has 0 amide bonds. The van der Waals surface area contributed by atoms with Gasteiger partial charge in [0.1, 0.15) is 0 Å². The van der Waals surface area contributed by atoms with Gasteiger partial charge in [-0.25, -0.2) is 4.99 Å². The Balaban J connectivity index is 1.97. The highest BCUT2D eigenvalue weighted by Gasteiger charge is 2.27. The van der Waals surface area contributed by atoms with Crippen molar-refractivity contribution in [3.63, 3.8) is 0 Å². The average Bonchev–Trinajstić information content (AvgIpc) is 3.01. The Kier molecular flexibility index (Phi) is 14.5. The highest BCUT2D eigenvalue weighted by molar-refractivity contribution is 7.90. The normalized spacial score (nSPS) is 15.5. The number of nitrogens with zero attached hydrogens (tertiary/aromatic N) is 3. The number of anilines is 1.